The highest BCUT2D eigenvalue weighted by Crippen LogP contribution is 2.37. The molecule has 0 N–H and O–H groups in total. The number of benzene rings is 3. The molecule has 10 heteroatoms. The summed E-state index contributed by atoms with van der Waals surface area (Å²) in [4.78, 5) is 13.5. The van der Waals surface area contributed by atoms with E-state index >= 15 is 0 Å². The Balaban J connectivity index is 1.34. The van der Waals surface area contributed by atoms with Gasteiger partial charge < -0.3 is 23.4 Å². The Kier molecular flexibility index (Phi) is 8.47. The van der Waals surface area contributed by atoms with Crippen LogP contribution < -0.4 is 18.9 Å². The SMILES string of the molecule is CCCc1nnc(-c2ccc(OCC(=O)N3N=C(c4ccc(OC)cc4)CC3c3ccc(OC)c(OC)c3)cc2)o1. The normalized spacial score (nSPS) is 14.5. The van der Waals surface area contributed by atoms with Crippen molar-refractivity contribution < 1.29 is 28.2 Å². The molecule has 0 radical (unpaired) electrons. The molecule has 41 heavy (non-hydrogen) atoms. The van der Waals surface area contributed by atoms with Gasteiger partial charge in [0, 0.05) is 18.4 Å². The summed E-state index contributed by atoms with van der Waals surface area (Å²) in [7, 11) is 4.79. The third-order valence-corrected chi connectivity index (χ3v) is 6.78. The molecule has 3 aromatic carbocycles. The number of carbonyl (C=O) groups excluding carboxylic acids is 1. The van der Waals surface area contributed by atoms with Gasteiger partial charge in [-0.2, -0.15) is 5.10 Å². The summed E-state index contributed by atoms with van der Waals surface area (Å²) in [6.07, 6.45) is 2.18. The molecular weight excluding hydrogens is 524 g/mol. The van der Waals surface area contributed by atoms with E-state index in [-0.39, 0.29) is 18.6 Å². The molecule has 5 rings (SSSR count). The summed E-state index contributed by atoms with van der Waals surface area (Å²) in [5.41, 5.74) is 3.34. The van der Waals surface area contributed by atoms with Gasteiger partial charge in [-0.25, -0.2) is 5.01 Å². The summed E-state index contributed by atoms with van der Waals surface area (Å²) in [5, 5.41) is 14.4. The Bertz CT molecular complexity index is 1510. The molecule has 4 aromatic rings. The van der Waals surface area contributed by atoms with Gasteiger partial charge in [0.1, 0.15) is 11.5 Å². The van der Waals surface area contributed by atoms with Crippen molar-refractivity contribution in [2.45, 2.75) is 32.2 Å². The molecule has 1 aliphatic rings. The van der Waals surface area contributed by atoms with E-state index in [1.54, 1.807) is 33.5 Å². The lowest BCUT2D eigenvalue weighted by molar-refractivity contribution is -0.135. The van der Waals surface area contributed by atoms with Crippen LogP contribution in [0.2, 0.25) is 0 Å². The lowest BCUT2D eigenvalue weighted by Crippen LogP contribution is -2.31. The average molecular weight is 557 g/mol. The fourth-order valence-electron chi connectivity index (χ4n) is 4.61. The monoisotopic (exact) mass is 556 g/mol. The minimum absolute atomic E-state index is 0.191. The van der Waals surface area contributed by atoms with Gasteiger partial charge in [-0.1, -0.05) is 13.0 Å². The third kappa shape index (κ3) is 6.16. The molecule has 10 nitrogen and oxygen atoms in total. The highest BCUT2D eigenvalue weighted by Gasteiger charge is 2.34. The fraction of sp³-hybridized carbons (Fsp3) is 0.290. The molecule has 1 atom stereocenters. The first-order valence-corrected chi connectivity index (χ1v) is 13.3. The van der Waals surface area contributed by atoms with Gasteiger partial charge in [0.15, 0.2) is 18.1 Å². The molecule has 1 aliphatic heterocycles. The number of nitrogens with zero attached hydrogens (tertiary/aromatic N) is 4. The van der Waals surface area contributed by atoms with E-state index in [0.717, 1.165) is 41.0 Å². The standard InChI is InChI=1S/C31H32N4O6/c1-5-6-29-32-33-31(41-29)21-9-14-24(15-10-21)40-19-30(36)35-26(22-11-16-27(38-3)28(17-22)39-4)18-25(34-35)20-7-12-23(37-2)13-8-20/h7-17,26H,5-6,18-19H2,1-4H3. The van der Waals surface area contributed by atoms with Crippen molar-refractivity contribution in [2.24, 2.45) is 5.10 Å². The molecule has 0 saturated heterocycles. The Morgan fingerprint density at radius 3 is 2.27 bits per heavy atom. The first-order chi connectivity index (χ1) is 20.0. The molecule has 2 heterocycles. The number of ether oxygens (including phenoxy) is 4. The van der Waals surface area contributed by atoms with Gasteiger partial charge in [-0.3, -0.25) is 4.79 Å². The van der Waals surface area contributed by atoms with E-state index in [0.29, 0.717) is 35.5 Å². The summed E-state index contributed by atoms with van der Waals surface area (Å²) < 4.78 is 27.8. The van der Waals surface area contributed by atoms with Crippen molar-refractivity contribution >= 4 is 11.6 Å². The van der Waals surface area contributed by atoms with Crippen molar-refractivity contribution in [2.75, 3.05) is 27.9 Å². The van der Waals surface area contributed by atoms with E-state index < -0.39 is 0 Å². The van der Waals surface area contributed by atoms with Crippen molar-refractivity contribution in [3.05, 3.63) is 83.7 Å². The molecule has 1 aromatic heterocycles. The summed E-state index contributed by atoms with van der Waals surface area (Å²) in [5.74, 6) is 3.25. The first kappa shape index (κ1) is 27.7. The predicted molar refractivity (Wildman–Crippen MR) is 153 cm³/mol. The zero-order valence-electron chi connectivity index (χ0n) is 23.5. The minimum atomic E-state index is -0.347. The largest absolute Gasteiger partial charge is 0.497 e. The van der Waals surface area contributed by atoms with Crippen LogP contribution in [-0.4, -0.2) is 54.8 Å². The summed E-state index contributed by atoms with van der Waals surface area (Å²) >= 11 is 0. The van der Waals surface area contributed by atoms with Crippen molar-refractivity contribution in [1.82, 2.24) is 15.2 Å². The van der Waals surface area contributed by atoms with Gasteiger partial charge in [0.05, 0.1) is 33.1 Å². The van der Waals surface area contributed by atoms with Crippen LogP contribution in [0.15, 0.2) is 76.2 Å². The number of methoxy groups -OCH3 is 3. The Morgan fingerprint density at radius 2 is 1.59 bits per heavy atom. The Labute approximate surface area is 238 Å². The fourth-order valence-corrected chi connectivity index (χ4v) is 4.61. The number of aryl methyl sites for hydroxylation is 1. The van der Waals surface area contributed by atoms with Crippen LogP contribution in [0.4, 0.5) is 0 Å². The van der Waals surface area contributed by atoms with Gasteiger partial charge in [0.2, 0.25) is 11.8 Å². The Morgan fingerprint density at radius 1 is 0.878 bits per heavy atom. The lowest BCUT2D eigenvalue weighted by Gasteiger charge is -2.23. The molecule has 0 spiro atoms. The van der Waals surface area contributed by atoms with E-state index in [9.17, 15) is 4.79 Å². The average Bonchev–Trinajstić information content (AvgIpc) is 3.68. The molecule has 0 fully saturated rings. The van der Waals surface area contributed by atoms with Crippen LogP contribution in [0.3, 0.4) is 0 Å². The molecule has 0 saturated carbocycles. The van der Waals surface area contributed by atoms with Gasteiger partial charge in [-0.15, -0.1) is 10.2 Å². The number of rotatable bonds is 11. The van der Waals surface area contributed by atoms with E-state index in [1.165, 1.54) is 5.01 Å². The molecule has 1 unspecified atom stereocenters. The second-order valence-corrected chi connectivity index (χ2v) is 9.41. The quantitative estimate of drug-likeness (QED) is 0.239. The maximum absolute atomic E-state index is 13.5. The number of hydrogen-bond acceptors (Lipinski definition) is 9. The van der Waals surface area contributed by atoms with Crippen molar-refractivity contribution in [1.29, 1.82) is 0 Å². The maximum atomic E-state index is 13.5. The van der Waals surface area contributed by atoms with Crippen LogP contribution in [0.5, 0.6) is 23.0 Å². The van der Waals surface area contributed by atoms with Gasteiger partial charge >= 0.3 is 0 Å². The van der Waals surface area contributed by atoms with E-state index in [4.69, 9.17) is 28.5 Å². The topological polar surface area (TPSA) is 109 Å². The number of aromatic nitrogens is 2. The predicted octanol–water partition coefficient (Wildman–Crippen LogP) is 5.47. The van der Waals surface area contributed by atoms with E-state index in [2.05, 4.69) is 17.1 Å². The van der Waals surface area contributed by atoms with Crippen LogP contribution in [0.25, 0.3) is 11.5 Å². The lowest BCUT2D eigenvalue weighted by atomic mass is 9.98. The highest BCUT2D eigenvalue weighted by atomic mass is 16.5. The molecular formula is C31H32N4O6. The number of amides is 1. The Hall–Kier alpha value is -4.86. The number of hydrazone groups is 1. The van der Waals surface area contributed by atoms with E-state index in [1.807, 2.05) is 54.6 Å². The zero-order chi connectivity index (χ0) is 28.8. The van der Waals surface area contributed by atoms with Crippen LogP contribution >= 0.6 is 0 Å². The van der Waals surface area contributed by atoms with Gasteiger partial charge in [-0.05, 0) is 78.2 Å². The second kappa shape index (κ2) is 12.5. The summed E-state index contributed by atoms with van der Waals surface area (Å²) in [6, 6.07) is 20.1. The van der Waals surface area contributed by atoms with Crippen molar-refractivity contribution in [3.8, 4) is 34.5 Å². The molecule has 1 amide bonds. The van der Waals surface area contributed by atoms with Crippen LogP contribution in [-0.2, 0) is 11.2 Å². The van der Waals surface area contributed by atoms with Crippen LogP contribution in [0, 0.1) is 0 Å². The van der Waals surface area contributed by atoms with Crippen LogP contribution in [0.1, 0.15) is 42.8 Å². The number of carbonyl (C=O) groups is 1. The molecule has 0 bridgehead atoms. The van der Waals surface area contributed by atoms with Crippen molar-refractivity contribution in [3.63, 3.8) is 0 Å². The van der Waals surface area contributed by atoms with Gasteiger partial charge in [0.25, 0.3) is 5.91 Å². The highest BCUT2D eigenvalue weighted by molar-refractivity contribution is 6.03. The molecule has 212 valence electrons. The summed E-state index contributed by atoms with van der Waals surface area (Å²) in [6.45, 7) is 1.87. The zero-order valence-corrected chi connectivity index (χ0v) is 23.5. The smallest absolute Gasteiger partial charge is 0.281 e. The number of hydrogen-bond donors (Lipinski definition) is 0. The molecule has 0 aliphatic carbocycles. The third-order valence-electron chi connectivity index (χ3n) is 6.78. The minimum Gasteiger partial charge on any atom is -0.497 e. The first-order valence-electron chi connectivity index (χ1n) is 13.3. The second-order valence-electron chi connectivity index (χ2n) is 9.41. The maximum Gasteiger partial charge on any atom is 0.281 e.